The van der Waals surface area contributed by atoms with Crippen LogP contribution in [0, 0.1) is 0 Å². The quantitative estimate of drug-likeness (QED) is 0.894. The smallest absolute Gasteiger partial charge is 0.416 e. The topological polar surface area (TPSA) is 46.5 Å². The number of hydrogen-bond donors (Lipinski definition) is 1. The Hall–Kier alpha value is -1.72. The minimum Gasteiger partial charge on any atom is -0.497 e. The van der Waals surface area contributed by atoms with Gasteiger partial charge in [-0.25, -0.2) is 0 Å². The zero-order chi connectivity index (χ0) is 13.2. The second kappa shape index (κ2) is 4.65. The Morgan fingerprint density at radius 1 is 1.41 bits per heavy atom. The van der Waals surface area contributed by atoms with Crippen LogP contribution >= 0.6 is 0 Å². The first kappa shape index (κ1) is 13.3. The molecule has 1 aromatic carbocycles. The molecule has 0 amide bonds. The van der Waals surface area contributed by atoms with E-state index in [1.165, 1.54) is 20.1 Å². The molecule has 94 valence electrons. The molecule has 0 aromatic heterocycles. The lowest BCUT2D eigenvalue weighted by Crippen LogP contribution is -2.15. The first-order chi connectivity index (χ1) is 7.77. The molecule has 0 heterocycles. The van der Waals surface area contributed by atoms with Crippen molar-refractivity contribution < 1.29 is 27.8 Å². The van der Waals surface area contributed by atoms with Gasteiger partial charge in [0.15, 0.2) is 0 Å². The van der Waals surface area contributed by atoms with E-state index in [1.54, 1.807) is 0 Å². The second-order valence-electron chi connectivity index (χ2n) is 3.51. The highest BCUT2D eigenvalue weighted by atomic mass is 19.4. The Morgan fingerprint density at radius 2 is 2.00 bits per heavy atom. The van der Waals surface area contributed by atoms with E-state index in [-0.39, 0.29) is 11.3 Å². The van der Waals surface area contributed by atoms with Gasteiger partial charge in [-0.05, 0) is 24.6 Å². The maximum Gasteiger partial charge on any atom is 0.416 e. The molecule has 6 heteroatoms. The van der Waals surface area contributed by atoms with Crippen molar-refractivity contribution in [2.45, 2.75) is 19.0 Å². The van der Waals surface area contributed by atoms with Crippen LogP contribution in [0.4, 0.5) is 13.2 Å². The van der Waals surface area contributed by atoms with Crippen LogP contribution < -0.4 is 4.74 Å². The summed E-state index contributed by atoms with van der Waals surface area (Å²) < 4.78 is 42.9. The highest BCUT2D eigenvalue weighted by Gasteiger charge is 2.36. The molecular weight excluding hydrogens is 237 g/mol. The Labute approximate surface area is 95.8 Å². The molecule has 1 rings (SSSR count). The van der Waals surface area contributed by atoms with Gasteiger partial charge in [0.25, 0.3) is 0 Å². The first-order valence-corrected chi connectivity index (χ1v) is 4.75. The molecule has 0 aliphatic rings. The summed E-state index contributed by atoms with van der Waals surface area (Å²) in [4.78, 5) is 10.7. The number of halogens is 3. The third-order valence-electron chi connectivity index (χ3n) is 2.40. The lowest BCUT2D eigenvalue weighted by molar-refractivity contribution is -0.141. The van der Waals surface area contributed by atoms with Gasteiger partial charge in [-0.2, -0.15) is 13.2 Å². The van der Waals surface area contributed by atoms with Gasteiger partial charge in [0.05, 0.1) is 18.6 Å². The number of carbonyl (C=O) groups is 1. The summed E-state index contributed by atoms with van der Waals surface area (Å²) in [6, 6.07) is 3.24. The third kappa shape index (κ3) is 2.89. The fourth-order valence-electron chi connectivity index (χ4n) is 1.42. The summed E-state index contributed by atoms with van der Waals surface area (Å²) in [7, 11) is 1.25. The number of alkyl halides is 3. The van der Waals surface area contributed by atoms with Crippen molar-refractivity contribution >= 4 is 5.97 Å². The van der Waals surface area contributed by atoms with Crippen molar-refractivity contribution in [1.29, 1.82) is 0 Å². The van der Waals surface area contributed by atoms with Crippen molar-refractivity contribution in [2.24, 2.45) is 0 Å². The molecule has 1 aromatic rings. The molecule has 0 fully saturated rings. The number of benzene rings is 1. The number of aliphatic carboxylic acids is 1. The molecule has 1 unspecified atom stereocenters. The first-order valence-electron chi connectivity index (χ1n) is 4.75. The molecule has 17 heavy (non-hydrogen) atoms. The normalized spacial score (nSPS) is 13.2. The summed E-state index contributed by atoms with van der Waals surface area (Å²) in [5.74, 6) is -2.49. The van der Waals surface area contributed by atoms with Gasteiger partial charge in [0.1, 0.15) is 5.75 Å². The maximum atomic E-state index is 12.7. The van der Waals surface area contributed by atoms with Crippen LogP contribution in [0.25, 0.3) is 0 Å². The van der Waals surface area contributed by atoms with E-state index in [1.807, 2.05) is 0 Å². The molecule has 0 radical (unpaired) electrons. The molecule has 0 spiro atoms. The number of hydrogen-bond acceptors (Lipinski definition) is 2. The van der Waals surface area contributed by atoms with E-state index in [4.69, 9.17) is 9.84 Å². The zero-order valence-corrected chi connectivity index (χ0v) is 9.21. The van der Waals surface area contributed by atoms with Crippen molar-refractivity contribution in [3.8, 4) is 5.75 Å². The van der Waals surface area contributed by atoms with Gasteiger partial charge >= 0.3 is 12.1 Å². The van der Waals surface area contributed by atoms with Crippen LogP contribution in [0.2, 0.25) is 0 Å². The number of methoxy groups -OCH3 is 1. The lowest BCUT2D eigenvalue weighted by Gasteiger charge is -2.16. The molecule has 3 nitrogen and oxygen atoms in total. The van der Waals surface area contributed by atoms with Crippen molar-refractivity contribution in [3.63, 3.8) is 0 Å². The van der Waals surface area contributed by atoms with Crippen LogP contribution in [0.15, 0.2) is 18.2 Å². The highest BCUT2D eigenvalue weighted by molar-refractivity contribution is 5.76. The van der Waals surface area contributed by atoms with Crippen molar-refractivity contribution in [2.75, 3.05) is 7.11 Å². The number of carboxylic acid groups (broad SMARTS) is 1. The Bertz CT molecular complexity index is 426. The molecule has 1 atom stereocenters. The standard InChI is InChI=1S/C11H11F3O3/c1-6(10(15)16)8-4-3-7(17-2)5-9(8)11(12,13)14/h3-6H,1-2H3,(H,15,16). The van der Waals surface area contributed by atoms with Crippen LogP contribution in [0.5, 0.6) is 5.75 Å². The van der Waals surface area contributed by atoms with Gasteiger partial charge in [0, 0.05) is 0 Å². The van der Waals surface area contributed by atoms with E-state index in [0.717, 1.165) is 12.1 Å². The van der Waals surface area contributed by atoms with Gasteiger partial charge < -0.3 is 9.84 Å². The van der Waals surface area contributed by atoms with E-state index in [9.17, 15) is 18.0 Å². The van der Waals surface area contributed by atoms with E-state index in [0.29, 0.717) is 0 Å². The third-order valence-corrected chi connectivity index (χ3v) is 2.40. The van der Waals surface area contributed by atoms with Crippen LogP contribution in [0.1, 0.15) is 24.0 Å². The minimum atomic E-state index is -4.60. The predicted molar refractivity (Wildman–Crippen MR) is 54.0 cm³/mol. The zero-order valence-electron chi connectivity index (χ0n) is 9.21. The Kier molecular flexibility index (Phi) is 3.65. The fourth-order valence-corrected chi connectivity index (χ4v) is 1.42. The minimum absolute atomic E-state index is 0.0404. The molecule has 0 saturated heterocycles. The van der Waals surface area contributed by atoms with E-state index >= 15 is 0 Å². The molecule has 0 bridgehead atoms. The summed E-state index contributed by atoms with van der Waals surface area (Å²) >= 11 is 0. The second-order valence-corrected chi connectivity index (χ2v) is 3.51. The monoisotopic (exact) mass is 248 g/mol. The van der Waals surface area contributed by atoms with E-state index < -0.39 is 23.6 Å². The molecule has 0 saturated carbocycles. The maximum absolute atomic E-state index is 12.7. The largest absolute Gasteiger partial charge is 0.497 e. The number of carboxylic acids is 1. The molecular formula is C11H11F3O3. The Morgan fingerprint density at radius 3 is 2.41 bits per heavy atom. The SMILES string of the molecule is COc1ccc(C(C)C(=O)O)c(C(F)(F)F)c1. The van der Waals surface area contributed by atoms with Crippen LogP contribution in [-0.2, 0) is 11.0 Å². The number of rotatable bonds is 3. The summed E-state index contributed by atoms with van der Waals surface area (Å²) in [5.41, 5.74) is -1.25. The van der Waals surface area contributed by atoms with Crippen molar-refractivity contribution in [1.82, 2.24) is 0 Å². The average Bonchev–Trinajstić information content (AvgIpc) is 2.26. The van der Waals surface area contributed by atoms with Gasteiger partial charge in [-0.1, -0.05) is 6.07 Å². The van der Waals surface area contributed by atoms with Crippen LogP contribution in [-0.4, -0.2) is 18.2 Å². The number of ether oxygens (including phenoxy) is 1. The summed E-state index contributed by atoms with van der Waals surface area (Å²) in [5, 5.41) is 8.75. The van der Waals surface area contributed by atoms with Crippen molar-refractivity contribution in [3.05, 3.63) is 29.3 Å². The predicted octanol–water partition coefficient (Wildman–Crippen LogP) is 2.90. The molecule has 0 aliphatic heterocycles. The Balaban J connectivity index is 3.35. The summed E-state index contributed by atoms with van der Waals surface area (Å²) in [6.45, 7) is 1.21. The van der Waals surface area contributed by atoms with Gasteiger partial charge in [0.2, 0.25) is 0 Å². The lowest BCUT2D eigenvalue weighted by atomic mass is 9.95. The average molecular weight is 248 g/mol. The van der Waals surface area contributed by atoms with E-state index in [2.05, 4.69) is 0 Å². The van der Waals surface area contributed by atoms with Gasteiger partial charge in [-0.3, -0.25) is 4.79 Å². The highest BCUT2D eigenvalue weighted by Crippen LogP contribution is 2.37. The van der Waals surface area contributed by atoms with Crippen LogP contribution in [0.3, 0.4) is 0 Å². The van der Waals surface area contributed by atoms with Gasteiger partial charge in [-0.15, -0.1) is 0 Å². The molecule has 1 N–H and O–H groups in total. The fraction of sp³-hybridized carbons (Fsp3) is 0.364. The summed E-state index contributed by atoms with van der Waals surface area (Å²) in [6.07, 6.45) is -4.60. The molecule has 0 aliphatic carbocycles.